The molecule has 0 bridgehead atoms. The molecule has 0 fully saturated rings. The molecule has 2 amide bonds. The van der Waals surface area contributed by atoms with Gasteiger partial charge in [-0.3, -0.25) is 14.4 Å². The summed E-state index contributed by atoms with van der Waals surface area (Å²) in [7, 11) is 0. The Balaban J connectivity index is 1.35. The van der Waals surface area contributed by atoms with E-state index in [1.807, 2.05) is 50.2 Å². The third kappa shape index (κ3) is 4.91. The fourth-order valence-electron chi connectivity index (χ4n) is 4.82. The van der Waals surface area contributed by atoms with E-state index >= 15 is 0 Å². The number of aryl methyl sites for hydroxylation is 2. The lowest BCUT2D eigenvalue weighted by atomic mass is 9.89. The number of hydrogen-bond donors (Lipinski definition) is 2. The van der Waals surface area contributed by atoms with Crippen LogP contribution in [0.5, 0.6) is 5.75 Å². The topological polar surface area (TPSA) is 98.5 Å². The van der Waals surface area contributed by atoms with Crippen molar-refractivity contribution in [2.45, 2.75) is 46.0 Å². The number of hydrogen-bond acceptors (Lipinski definition) is 4. The zero-order chi connectivity index (χ0) is 24.2. The lowest BCUT2D eigenvalue weighted by Crippen LogP contribution is -2.36. The van der Waals surface area contributed by atoms with E-state index in [9.17, 15) is 14.4 Å². The molecule has 0 heterocycles. The van der Waals surface area contributed by atoms with E-state index in [0.717, 1.165) is 46.4 Å². The summed E-state index contributed by atoms with van der Waals surface area (Å²) in [5.74, 6) is -0.222. The number of rotatable bonds is 10. The number of benzene rings is 2. The van der Waals surface area contributed by atoms with Gasteiger partial charge < -0.3 is 15.8 Å². The normalized spacial score (nSPS) is 14.2. The quantitative estimate of drug-likeness (QED) is 0.450. The van der Waals surface area contributed by atoms with Gasteiger partial charge in [0.2, 0.25) is 11.8 Å². The van der Waals surface area contributed by atoms with Crippen LogP contribution in [0.25, 0.3) is 22.3 Å². The molecule has 2 unspecified atom stereocenters. The molecule has 3 aromatic rings. The predicted molar refractivity (Wildman–Crippen MR) is 133 cm³/mol. The number of primary amides is 1. The van der Waals surface area contributed by atoms with Crippen LogP contribution in [0, 0.1) is 11.8 Å². The number of ether oxygens (including phenoxy) is 1. The first kappa shape index (κ1) is 23.7. The van der Waals surface area contributed by atoms with Crippen LogP contribution >= 0.6 is 0 Å². The molecule has 0 aliphatic heterocycles. The van der Waals surface area contributed by atoms with Gasteiger partial charge in [0.05, 0.1) is 6.54 Å². The summed E-state index contributed by atoms with van der Waals surface area (Å²) < 4.78 is 5.90. The van der Waals surface area contributed by atoms with Crippen molar-refractivity contribution >= 4 is 11.8 Å². The number of carbonyl (C=O) groups excluding carboxylic acids is 2. The number of nitrogens with two attached hydrogens (primary N) is 1. The molecule has 0 saturated heterocycles. The molecule has 0 aromatic heterocycles. The fourth-order valence-corrected chi connectivity index (χ4v) is 4.82. The van der Waals surface area contributed by atoms with Crippen molar-refractivity contribution in [3.8, 4) is 28.0 Å². The lowest BCUT2D eigenvalue weighted by molar-refractivity contribution is -0.127. The smallest absolute Gasteiger partial charge is 0.223 e. The second-order valence-corrected chi connectivity index (χ2v) is 9.04. The van der Waals surface area contributed by atoms with Crippen molar-refractivity contribution < 1.29 is 14.3 Å². The summed E-state index contributed by atoms with van der Waals surface area (Å²) >= 11 is 0. The average molecular weight is 461 g/mol. The lowest BCUT2D eigenvalue weighted by Gasteiger charge is -2.19. The van der Waals surface area contributed by atoms with Crippen LogP contribution in [0.2, 0.25) is 0 Å². The molecule has 6 nitrogen and oxygen atoms in total. The van der Waals surface area contributed by atoms with E-state index in [2.05, 4.69) is 11.4 Å². The second-order valence-electron chi connectivity index (χ2n) is 9.04. The third-order valence-electron chi connectivity index (χ3n) is 6.94. The van der Waals surface area contributed by atoms with E-state index in [1.165, 1.54) is 5.56 Å². The molecule has 0 radical (unpaired) electrons. The van der Waals surface area contributed by atoms with Gasteiger partial charge in [-0.15, -0.1) is 0 Å². The number of fused-ring (bicyclic) bond motifs is 5. The van der Waals surface area contributed by atoms with Crippen LogP contribution in [0.15, 0.2) is 47.3 Å². The summed E-state index contributed by atoms with van der Waals surface area (Å²) in [6.07, 6.45) is 3.47. The number of carbonyl (C=O) groups is 2. The monoisotopic (exact) mass is 460 g/mol. The van der Waals surface area contributed by atoms with Gasteiger partial charge in [0.25, 0.3) is 0 Å². The molecule has 6 heteroatoms. The van der Waals surface area contributed by atoms with Crippen LogP contribution in [-0.4, -0.2) is 25.0 Å². The molecule has 2 atom stereocenters. The van der Waals surface area contributed by atoms with Gasteiger partial charge in [-0.05, 0) is 66.5 Å². The molecule has 0 spiro atoms. The fraction of sp³-hybridized carbons (Fsp3) is 0.393. The molecule has 34 heavy (non-hydrogen) atoms. The van der Waals surface area contributed by atoms with Crippen LogP contribution in [0.1, 0.15) is 44.2 Å². The molecule has 178 valence electrons. The highest BCUT2D eigenvalue weighted by molar-refractivity contribution is 5.96. The van der Waals surface area contributed by atoms with Gasteiger partial charge in [-0.2, -0.15) is 0 Å². The van der Waals surface area contributed by atoms with Crippen molar-refractivity contribution in [2.75, 3.05) is 13.2 Å². The van der Waals surface area contributed by atoms with Crippen molar-refractivity contribution in [1.82, 2.24) is 5.32 Å². The maximum absolute atomic E-state index is 12.5. The van der Waals surface area contributed by atoms with E-state index in [1.54, 1.807) is 0 Å². The minimum absolute atomic E-state index is 0.0747. The minimum Gasteiger partial charge on any atom is -0.492 e. The van der Waals surface area contributed by atoms with Gasteiger partial charge in [0.15, 0.2) is 5.43 Å². The molecule has 1 aliphatic carbocycles. The molecule has 3 aromatic carbocycles. The zero-order valence-electron chi connectivity index (χ0n) is 19.9. The maximum atomic E-state index is 12.5. The van der Waals surface area contributed by atoms with Gasteiger partial charge in [-0.25, -0.2) is 0 Å². The Morgan fingerprint density at radius 2 is 1.65 bits per heavy atom. The van der Waals surface area contributed by atoms with Gasteiger partial charge in [0.1, 0.15) is 12.4 Å². The van der Waals surface area contributed by atoms with E-state index in [0.29, 0.717) is 32.4 Å². The predicted octanol–water partition coefficient (Wildman–Crippen LogP) is 3.78. The Morgan fingerprint density at radius 3 is 2.35 bits per heavy atom. The van der Waals surface area contributed by atoms with Gasteiger partial charge in [-0.1, -0.05) is 44.2 Å². The van der Waals surface area contributed by atoms with Crippen molar-refractivity contribution in [2.24, 2.45) is 17.6 Å². The van der Waals surface area contributed by atoms with E-state index in [4.69, 9.17) is 10.5 Å². The van der Waals surface area contributed by atoms with Crippen LogP contribution < -0.4 is 21.2 Å². The summed E-state index contributed by atoms with van der Waals surface area (Å²) in [5, 5.41) is 2.92. The second kappa shape index (κ2) is 10.2. The van der Waals surface area contributed by atoms with Gasteiger partial charge >= 0.3 is 0 Å². The molecule has 0 saturated carbocycles. The van der Waals surface area contributed by atoms with Crippen molar-refractivity contribution in [3.05, 3.63) is 63.8 Å². The van der Waals surface area contributed by atoms with Gasteiger partial charge in [0, 0.05) is 23.0 Å². The summed E-state index contributed by atoms with van der Waals surface area (Å²) in [4.78, 5) is 36.6. The first-order valence-electron chi connectivity index (χ1n) is 12.1. The largest absolute Gasteiger partial charge is 0.492 e. The van der Waals surface area contributed by atoms with Crippen molar-refractivity contribution in [3.63, 3.8) is 0 Å². The van der Waals surface area contributed by atoms with E-state index in [-0.39, 0.29) is 29.1 Å². The first-order chi connectivity index (χ1) is 16.4. The average Bonchev–Trinajstić information content (AvgIpc) is 3.49. The summed E-state index contributed by atoms with van der Waals surface area (Å²) in [6, 6.07) is 14.0. The van der Waals surface area contributed by atoms with Crippen LogP contribution in [-0.2, 0) is 22.4 Å². The standard InChI is InChI=1S/C28H32N2O4/c1-3-17(27(29)32)15-18(4-2)28(33)30-13-14-34-21-11-12-23-20(16-21)10-9-19-7-5-6-8-22(19)24-25(23)26(24)31/h5-8,11-12,16-18H,3-4,9-10,13-15H2,1-2H3,(H2,29,32)(H,30,33). The maximum Gasteiger partial charge on any atom is 0.223 e. The highest BCUT2D eigenvalue weighted by Gasteiger charge is 2.30. The number of nitrogens with one attached hydrogen (secondary N) is 1. The number of amides is 2. The Morgan fingerprint density at radius 1 is 0.971 bits per heavy atom. The highest BCUT2D eigenvalue weighted by atomic mass is 16.5. The molecular weight excluding hydrogens is 428 g/mol. The Kier molecular flexibility index (Phi) is 7.15. The first-order valence-corrected chi connectivity index (χ1v) is 12.1. The third-order valence-corrected chi connectivity index (χ3v) is 6.94. The summed E-state index contributed by atoms with van der Waals surface area (Å²) in [5.41, 5.74) is 11.6. The van der Waals surface area contributed by atoms with Crippen molar-refractivity contribution in [1.29, 1.82) is 0 Å². The zero-order valence-corrected chi connectivity index (χ0v) is 19.9. The Bertz CT molecular complexity index is 1210. The Hall–Kier alpha value is -3.41. The Labute approximate surface area is 200 Å². The molecule has 4 rings (SSSR count). The summed E-state index contributed by atoms with van der Waals surface area (Å²) in [6.45, 7) is 4.56. The van der Waals surface area contributed by atoms with E-state index < -0.39 is 0 Å². The highest BCUT2D eigenvalue weighted by Crippen LogP contribution is 2.41. The van der Waals surface area contributed by atoms with Crippen LogP contribution in [0.4, 0.5) is 0 Å². The van der Waals surface area contributed by atoms with Crippen LogP contribution in [0.3, 0.4) is 0 Å². The SMILES string of the molecule is CCC(CC(CC)C(=O)NCCOc1ccc2c(c1)CCc1ccccc1-c1c-2c1=O)C(N)=O. The minimum atomic E-state index is -0.352. The molecular formula is C28H32N2O4. The molecule has 3 N–H and O–H groups in total. The molecule has 1 aliphatic rings.